The van der Waals surface area contributed by atoms with Crippen LogP contribution in [0.5, 0.6) is 0 Å². The second kappa shape index (κ2) is 4.75. The third-order valence-corrected chi connectivity index (χ3v) is 3.70. The van der Waals surface area contributed by atoms with Crippen molar-refractivity contribution in [1.82, 2.24) is 4.98 Å². The van der Waals surface area contributed by atoms with Gasteiger partial charge in [0.05, 0.1) is 0 Å². The summed E-state index contributed by atoms with van der Waals surface area (Å²) < 4.78 is 0. The minimum absolute atomic E-state index is 0.597. The first kappa shape index (κ1) is 10.6. The molecule has 1 aliphatic rings. The maximum Gasteiger partial charge on any atom is 0.128 e. The lowest BCUT2D eigenvalue weighted by atomic mass is 10.2. The van der Waals surface area contributed by atoms with E-state index in [0.29, 0.717) is 6.04 Å². The summed E-state index contributed by atoms with van der Waals surface area (Å²) in [7, 11) is 4.09. The summed E-state index contributed by atoms with van der Waals surface area (Å²) in [6.07, 6.45) is 3.11. The van der Waals surface area contributed by atoms with Gasteiger partial charge in [0.15, 0.2) is 0 Å². The molecule has 2 rings (SSSR count). The van der Waals surface area contributed by atoms with Crippen LogP contribution >= 0.6 is 11.8 Å². The van der Waals surface area contributed by atoms with Crippen LogP contribution < -0.4 is 10.2 Å². The number of anilines is 2. The van der Waals surface area contributed by atoms with E-state index < -0.39 is 0 Å². The molecule has 1 aliphatic heterocycles. The van der Waals surface area contributed by atoms with Crippen molar-refractivity contribution >= 4 is 23.3 Å². The monoisotopic (exact) mass is 223 g/mol. The Morgan fingerprint density at radius 2 is 2.40 bits per heavy atom. The Bertz CT molecular complexity index is 321. The van der Waals surface area contributed by atoms with Crippen LogP contribution in [0.25, 0.3) is 0 Å². The summed E-state index contributed by atoms with van der Waals surface area (Å²) >= 11 is 2.01. The molecule has 0 bridgehead atoms. The van der Waals surface area contributed by atoms with Crippen LogP contribution in [-0.2, 0) is 0 Å². The molecule has 1 fully saturated rings. The average Bonchev–Trinajstić information content (AvgIpc) is 2.71. The van der Waals surface area contributed by atoms with E-state index in [9.17, 15) is 0 Å². The zero-order valence-electron chi connectivity index (χ0n) is 9.23. The topological polar surface area (TPSA) is 28.2 Å². The van der Waals surface area contributed by atoms with Crippen LogP contribution in [0.2, 0.25) is 0 Å². The predicted octanol–water partition coefficient (Wildman–Crippen LogP) is 2.06. The summed E-state index contributed by atoms with van der Waals surface area (Å²) in [5, 5.41) is 3.48. The lowest BCUT2D eigenvalue weighted by molar-refractivity contribution is 0.806. The number of aromatic nitrogens is 1. The molecule has 1 N–H and O–H groups in total. The van der Waals surface area contributed by atoms with Crippen LogP contribution in [-0.4, -0.2) is 36.6 Å². The van der Waals surface area contributed by atoms with Gasteiger partial charge in [-0.3, -0.25) is 0 Å². The third kappa shape index (κ3) is 2.78. The smallest absolute Gasteiger partial charge is 0.128 e. The van der Waals surface area contributed by atoms with Crippen molar-refractivity contribution in [3.63, 3.8) is 0 Å². The fourth-order valence-corrected chi connectivity index (χ4v) is 2.79. The van der Waals surface area contributed by atoms with Crippen molar-refractivity contribution in [2.45, 2.75) is 12.5 Å². The Hall–Kier alpha value is -0.900. The number of hydrogen-bond acceptors (Lipinski definition) is 4. The van der Waals surface area contributed by atoms with Gasteiger partial charge < -0.3 is 10.2 Å². The number of nitrogens with one attached hydrogen (secondary N) is 1. The van der Waals surface area contributed by atoms with Crippen LogP contribution in [0.4, 0.5) is 11.5 Å². The average molecular weight is 223 g/mol. The van der Waals surface area contributed by atoms with Crippen LogP contribution in [0.3, 0.4) is 0 Å². The van der Waals surface area contributed by atoms with E-state index in [1.54, 1.807) is 0 Å². The van der Waals surface area contributed by atoms with E-state index >= 15 is 0 Å². The molecule has 4 heteroatoms. The first-order valence-corrected chi connectivity index (χ1v) is 6.39. The van der Waals surface area contributed by atoms with Crippen molar-refractivity contribution in [2.75, 3.05) is 35.8 Å². The van der Waals surface area contributed by atoms with Crippen LogP contribution in [0.15, 0.2) is 18.3 Å². The Kier molecular flexibility index (Phi) is 3.36. The molecule has 0 radical (unpaired) electrons. The highest BCUT2D eigenvalue weighted by molar-refractivity contribution is 7.99. The normalized spacial score (nSPS) is 20.3. The molecule has 82 valence electrons. The minimum atomic E-state index is 0.597. The van der Waals surface area contributed by atoms with E-state index in [0.717, 1.165) is 5.82 Å². The molecule has 1 saturated heterocycles. The van der Waals surface area contributed by atoms with E-state index in [-0.39, 0.29) is 0 Å². The van der Waals surface area contributed by atoms with E-state index in [1.807, 2.05) is 38.1 Å². The standard InChI is InChI=1S/C11H17N3S/c1-14(2)10-3-5-12-11(7-10)13-9-4-6-15-8-9/h3,5,7,9H,4,6,8H2,1-2H3,(H,12,13). The molecule has 0 aliphatic carbocycles. The van der Waals surface area contributed by atoms with Crippen molar-refractivity contribution in [3.8, 4) is 0 Å². The van der Waals surface area contributed by atoms with Gasteiger partial charge in [-0.15, -0.1) is 0 Å². The van der Waals surface area contributed by atoms with Crippen molar-refractivity contribution in [1.29, 1.82) is 0 Å². The van der Waals surface area contributed by atoms with Gasteiger partial charge in [0, 0.05) is 43.8 Å². The zero-order valence-corrected chi connectivity index (χ0v) is 10.0. The first-order valence-electron chi connectivity index (χ1n) is 5.23. The van der Waals surface area contributed by atoms with Gasteiger partial charge in [-0.05, 0) is 18.2 Å². The SMILES string of the molecule is CN(C)c1ccnc(NC2CCSC2)c1. The molecule has 0 aromatic carbocycles. The zero-order chi connectivity index (χ0) is 10.7. The Balaban J connectivity index is 2.04. The van der Waals surface area contributed by atoms with Crippen molar-refractivity contribution in [2.24, 2.45) is 0 Å². The number of nitrogens with zero attached hydrogens (tertiary/aromatic N) is 2. The highest BCUT2D eigenvalue weighted by Gasteiger charge is 2.15. The summed E-state index contributed by atoms with van der Waals surface area (Å²) in [5.74, 6) is 3.47. The maximum absolute atomic E-state index is 4.34. The highest BCUT2D eigenvalue weighted by Crippen LogP contribution is 2.22. The molecule has 1 unspecified atom stereocenters. The van der Waals surface area contributed by atoms with Crippen LogP contribution in [0, 0.1) is 0 Å². The molecule has 2 heterocycles. The largest absolute Gasteiger partial charge is 0.378 e. The molecule has 1 atom stereocenters. The van der Waals surface area contributed by atoms with E-state index in [4.69, 9.17) is 0 Å². The van der Waals surface area contributed by atoms with Crippen molar-refractivity contribution < 1.29 is 0 Å². The number of rotatable bonds is 3. The number of pyridine rings is 1. The van der Waals surface area contributed by atoms with Crippen LogP contribution in [0.1, 0.15) is 6.42 Å². The van der Waals surface area contributed by atoms with Gasteiger partial charge in [-0.25, -0.2) is 4.98 Å². The van der Waals surface area contributed by atoms with Gasteiger partial charge in [0.25, 0.3) is 0 Å². The molecule has 1 aromatic rings. The minimum Gasteiger partial charge on any atom is -0.378 e. The van der Waals surface area contributed by atoms with E-state index in [2.05, 4.69) is 21.3 Å². The lowest BCUT2D eigenvalue weighted by Crippen LogP contribution is -2.19. The number of thioether (sulfide) groups is 1. The molecule has 15 heavy (non-hydrogen) atoms. The summed E-state index contributed by atoms with van der Waals surface area (Å²) in [5.41, 5.74) is 1.19. The van der Waals surface area contributed by atoms with Gasteiger partial charge in [-0.1, -0.05) is 0 Å². The quantitative estimate of drug-likeness (QED) is 0.849. The highest BCUT2D eigenvalue weighted by atomic mass is 32.2. The first-order chi connectivity index (χ1) is 7.25. The maximum atomic E-state index is 4.34. The number of hydrogen-bond donors (Lipinski definition) is 1. The van der Waals surface area contributed by atoms with Gasteiger partial charge in [0.1, 0.15) is 5.82 Å². The third-order valence-electron chi connectivity index (χ3n) is 2.54. The lowest BCUT2D eigenvalue weighted by Gasteiger charge is -2.16. The summed E-state index contributed by atoms with van der Waals surface area (Å²) in [6.45, 7) is 0. The predicted molar refractivity (Wildman–Crippen MR) is 67.9 cm³/mol. The Labute approximate surface area is 95.3 Å². The molecule has 0 spiro atoms. The Morgan fingerprint density at radius 1 is 1.53 bits per heavy atom. The van der Waals surface area contributed by atoms with Crippen molar-refractivity contribution in [3.05, 3.63) is 18.3 Å². The molecule has 3 nitrogen and oxygen atoms in total. The fourth-order valence-electron chi connectivity index (χ4n) is 1.63. The molecule has 0 amide bonds. The molecule has 0 saturated carbocycles. The van der Waals surface area contributed by atoms with Gasteiger partial charge in [-0.2, -0.15) is 11.8 Å². The summed E-state index contributed by atoms with van der Waals surface area (Å²) in [6, 6.07) is 4.72. The second-order valence-electron chi connectivity index (χ2n) is 4.00. The van der Waals surface area contributed by atoms with Gasteiger partial charge >= 0.3 is 0 Å². The molecular weight excluding hydrogens is 206 g/mol. The molecule has 1 aromatic heterocycles. The fraction of sp³-hybridized carbons (Fsp3) is 0.545. The van der Waals surface area contributed by atoms with Gasteiger partial charge in [0.2, 0.25) is 0 Å². The summed E-state index contributed by atoms with van der Waals surface area (Å²) in [4.78, 5) is 6.43. The molecular formula is C11H17N3S. The second-order valence-corrected chi connectivity index (χ2v) is 5.15. The van der Waals surface area contributed by atoms with E-state index in [1.165, 1.54) is 23.6 Å². The Morgan fingerprint density at radius 3 is 3.07 bits per heavy atom.